The molecule has 1 heterocycles. The van der Waals surface area contributed by atoms with Crippen LogP contribution in [0.5, 0.6) is 0 Å². The maximum absolute atomic E-state index is 10.5. The van der Waals surface area contributed by atoms with Crippen molar-refractivity contribution in [2.24, 2.45) is 11.8 Å². The van der Waals surface area contributed by atoms with E-state index in [2.05, 4.69) is 11.8 Å². The first-order chi connectivity index (χ1) is 11.1. The van der Waals surface area contributed by atoms with Crippen LogP contribution in [0.15, 0.2) is 18.2 Å². The van der Waals surface area contributed by atoms with Gasteiger partial charge in [0.05, 0.1) is 36.0 Å². The van der Waals surface area contributed by atoms with Crippen LogP contribution in [0.25, 0.3) is 0 Å². The lowest BCUT2D eigenvalue weighted by Crippen LogP contribution is -2.27. The molecule has 23 heavy (non-hydrogen) atoms. The first-order valence-corrected chi connectivity index (χ1v) is 8.00. The number of β-amino-alcohol motifs (C(OH)–C–C–N with tert-alkyl or cyclic N) is 1. The Labute approximate surface area is 137 Å². The molecule has 0 spiro atoms. The van der Waals surface area contributed by atoms with Crippen molar-refractivity contribution in [2.45, 2.75) is 20.0 Å². The van der Waals surface area contributed by atoms with E-state index >= 15 is 0 Å². The third-order valence-electron chi connectivity index (χ3n) is 4.41. The highest BCUT2D eigenvalue weighted by Gasteiger charge is 2.30. The molecular formula is C18H23N3O2. The molecule has 1 aliphatic heterocycles. The molecule has 3 atom stereocenters. The first-order valence-electron chi connectivity index (χ1n) is 8.00. The van der Waals surface area contributed by atoms with Crippen LogP contribution in [0.4, 0.5) is 0 Å². The number of nitriles is 2. The van der Waals surface area contributed by atoms with Crippen molar-refractivity contribution in [3.63, 3.8) is 0 Å². The molecule has 0 radical (unpaired) electrons. The van der Waals surface area contributed by atoms with Crippen molar-refractivity contribution in [2.75, 3.05) is 32.8 Å². The Bertz CT molecular complexity index is 585. The molecule has 0 aliphatic carbocycles. The number of rotatable bonds is 6. The molecule has 5 heteroatoms. The SMILES string of the molecule is CCOCC1CN(CC(O)c2cc(C#N)cc(C#N)c2)CC1C. The third-order valence-corrected chi connectivity index (χ3v) is 4.41. The summed E-state index contributed by atoms with van der Waals surface area (Å²) in [6, 6.07) is 8.92. The van der Waals surface area contributed by atoms with E-state index in [1.807, 2.05) is 19.1 Å². The quantitative estimate of drug-likeness (QED) is 0.869. The van der Waals surface area contributed by atoms with E-state index < -0.39 is 6.10 Å². The number of aliphatic hydroxyl groups is 1. The van der Waals surface area contributed by atoms with Crippen LogP contribution in [0.3, 0.4) is 0 Å². The molecule has 0 saturated carbocycles. The van der Waals surface area contributed by atoms with Gasteiger partial charge >= 0.3 is 0 Å². The lowest BCUT2D eigenvalue weighted by Gasteiger charge is -2.20. The molecule has 1 saturated heterocycles. The summed E-state index contributed by atoms with van der Waals surface area (Å²) in [6.07, 6.45) is -0.701. The van der Waals surface area contributed by atoms with Crippen LogP contribution in [-0.2, 0) is 4.74 Å². The fraction of sp³-hybridized carbons (Fsp3) is 0.556. The van der Waals surface area contributed by atoms with E-state index in [0.29, 0.717) is 35.1 Å². The second-order valence-electron chi connectivity index (χ2n) is 6.20. The van der Waals surface area contributed by atoms with Gasteiger partial charge in [0.25, 0.3) is 0 Å². The van der Waals surface area contributed by atoms with Crippen molar-refractivity contribution in [3.05, 3.63) is 34.9 Å². The van der Waals surface area contributed by atoms with Gasteiger partial charge in [-0.2, -0.15) is 10.5 Å². The van der Waals surface area contributed by atoms with Crippen molar-refractivity contribution >= 4 is 0 Å². The van der Waals surface area contributed by atoms with Crippen LogP contribution in [0, 0.1) is 34.5 Å². The van der Waals surface area contributed by atoms with E-state index in [9.17, 15) is 5.11 Å². The Kier molecular flexibility index (Phi) is 6.12. The standard InChI is InChI=1S/C18H23N3O2/c1-3-23-12-17-10-21(9-13(17)2)11-18(22)16-5-14(7-19)4-15(6-16)8-20/h4-6,13,17-18,22H,3,9-12H2,1-2H3. The average molecular weight is 313 g/mol. The number of hydrogen-bond donors (Lipinski definition) is 1. The molecule has 0 amide bonds. The zero-order valence-electron chi connectivity index (χ0n) is 13.7. The number of benzene rings is 1. The minimum Gasteiger partial charge on any atom is -0.387 e. The summed E-state index contributed by atoms with van der Waals surface area (Å²) in [5.41, 5.74) is 1.44. The predicted octanol–water partition coefficient (Wildman–Crippen LogP) is 2.07. The molecule has 1 fully saturated rings. The molecule has 3 unspecified atom stereocenters. The predicted molar refractivity (Wildman–Crippen MR) is 86.4 cm³/mol. The summed E-state index contributed by atoms with van der Waals surface area (Å²) in [7, 11) is 0. The second kappa shape index (κ2) is 8.08. The third kappa shape index (κ3) is 4.53. The number of ether oxygens (including phenoxy) is 1. The van der Waals surface area contributed by atoms with E-state index in [4.69, 9.17) is 15.3 Å². The van der Waals surface area contributed by atoms with E-state index in [-0.39, 0.29) is 0 Å². The zero-order valence-corrected chi connectivity index (χ0v) is 13.7. The number of nitrogens with zero attached hydrogens (tertiary/aromatic N) is 3. The Morgan fingerprint density at radius 2 is 1.91 bits per heavy atom. The smallest absolute Gasteiger partial charge is 0.0992 e. The van der Waals surface area contributed by atoms with Crippen molar-refractivity contribution in [3.8, 4) is 12.1 Å². The monoisotopic (exact) mass is 313 g/mol. The molecule has 1 N–H and O–H groups in total. The summed E-state index contributed by atoms with van der Waals surface area (Å²) in [5.74, 6) is 1.02. The Morgan fingerprint density at radius 3 is 2.48 bits per heavy atom. The maximum atomic E-state index is 10.5. The molecule has 122 valence electrons. The average Bonchev–Trinajstić information content (AvgIpc) is 2.91. The van der Waals surface area contributed by atoms with E-state index in [0.717, 1.165) is 26.3 Å². The van der Waals surface area contributed by atoms with Gasteiger partial charge in [0.15, 0.2) is 0 Å². The molecule has 0 bridgehead atoms. The van der Waals surface area contributed by atoms with Crippen molar-refractivity contribution in [1.29, 1.82) is 10.5 Å². The van der Waals surface area contributed by atoms with E-state index in [1.165, 1.54) is 6.07 Å². The van der Waals surface area contributed by atoms with E-state index in [1.54, 1.807) is 12.1 Å². The number of aliphatic hydroxyl groups excluding tert-OH is 1. The topological polar surface area (TPSA) is 80.3 Å². The minimum atomic E-state index is -0.701. The van der Waals surface area contributed by atoms with Gasteiger partial charge in [0, 0.05) is 26.2 Å². The Morgan fingerprint density at radius 1 is 1.26 bits per heavy atom. The molecular weight excluding hydrogens is 290 g/mol. The van der Waals surface area contributed by atoms with Gasteiger partial charge in [0.1, 0.15) is 0 Å². The highest BCUT2D eigenvalue weighted by molar-refractivity contribution is 5.43. The van der Waals surface area contributed by atoms with Gasteiger partial charge in [-0.3, -0.25) is 4.90 Å². The fourth-order valence-electron chi connectivity index (χ4n) is 3.10. The van der Waals surface area contributed by atoms with Gasteiger partial charge in [-0.15, -0.1) is 0 Å². The molecule has 2 rings (SSSR count). The van der Waals surface area contributed by atoms with Crippen LogP contribution >= 0.6 is 0 Å². The van der Waals surface area contributed by atoms with Gasteiger partial charge in [-0.25, -0.2) is 0 Å². The normalized spacial score (nSPS) is 22.5. The summed E-state index contributed by atoms with van der Waals surface area (Å²) in [6.45, 7) is 8.03. The Hall–Kier alpha value is -1.92. The van der Waals surface area contributed by atoms with Crippen molar-refractivity contribution in [1.82, 2.24) is 4.90 Å². The second-order valence-corrected chi connectivity index (χ2v) is 6.20. The molecule has 1 aromatic carbocycles. The van der Waals surface area contributed by atoms with Crippen molar-refractivity contribution < 1.29 is 9.84 Å². The van der Waals surface area contributed by atoms with Crippen LogP contribution in [0.1, 0.15) is 36.6 Å². The van der Waals surface area contributed by atoms with Crippen LogP contribution in [-0.4, -0.2) is 42.9 Å². The van der Waals surface area contributed by atoms with Gasteiger partial charge < -0.3 is 9.84 Å². The van der Waals surface area contributed by atoms with Crippen LogP contribution in [0.2, 0.25) is 0 Å². The lowest BCUT2D eigenvalue weighted by atomic mass is 9.99. The van der Waals surface area contributed by atoms with Gasteiger partial charge in [0.2, 0.25) is 0 Å². The molecule has 1 aliphatic rings. The number of likely N-dealkylation sites (tertiary alicyclic amines) is 1. The summed E-state index contributed by atoms with van der Waals surface area (Å²) >= 11 is 0. The minimum absolute atomic E-state index is 0.405. The lowest BCUT2D eigenvalue weighted by molar-refractivity contribution is 0.0951. The maximum Gasteiger partial charge on any atom is 0.0992 e. The van der Waals surface area contributed by atoms with Gasteiger partial charge in [-0.05, 0) is 42.5 Å². The summed E-state index contributed by atoms with van der Waals surface area (Å²) < 4.78 is 5.53. The highest BCUT2D eigenvalue weighted by atomic mass is 16.5. The summed E-state index contributed by atoms with van der Waals surface area (Å²) in [5, 5.41) is 28.5. The largest absolute Gasteiger partial charge is 0.387 e. The van der Waals surface area contributed by atoms with Crippen LogP contribution < -0.4 is 0 Å². The highest BCUT2D eigenvalue weighted by Crippen LogP contribution is 2.26. The zero-order chi connectivity index (χ0) is 16.8. The molecule has 5 nitrogen and oxygen atoms in total. The summed E-state index contributed by atoms with van der Waals surface area (Å²) in [4.78, 5) is 2.23. The fourth-order valence-corrected chi connectivity index (χ4v) is 3.10. The number of hydrogen-bond acceptors (Lipinski definition) is 5. The molecule has 0 aromatic heterocycles. The Balaban J connectivity index is 2.01. The van der Waals surface area contributed by atoms with Gasteiger partial charge in [-0.1, -0.05) is 6.92 Å². The first kappa shape index (κ1) is 17.4. The molecule has 1 aromatic rings.